The maximum atomic E-state index is 12.7. The number of aromatic nitrogens is 7. The van der Waals surface area contributed by atoms with Gasteiger partial charge in [-0.3, -0.25) is 14.3 Å². The topological polar surface area (TPSA) is 105 Å². The van der Waals surface area contributed by atoms with Gasteiger partial charge in [-0.1, -0.05) is 17.3 Å². The molecule has 2 aliphatic carbocycles. The molecule has 4 aromatic heterocycles. The van der Waals surface area contributed by atoms with Crippen LogP contribution < -0.4 is 5.56 Å². The van der Waals surface area contributed by atoms with E-state index in [0.29, 0.717) is 34.8 Å². The standard InChI is InChI=1S/C20H17N7O2/c1-26-9-22-19-17(26)20(28)27(10-23-19)8-15-24-18(25-29-15)16-13-5-12(6-14(13)16)11-3-2-4-21-7-11/h2-5,7,9-10,13-14,16H,6,8H2,1H3/t13-,14+,16+/m0/s1. The van der Waals surface area contributed by atoms with Crippen LogP contribution in [0.5, 0.6) is 0 Å². The van der Waals surface area contributed by atoms with Gasteiger partial charge in [-0.2, -0.15) is 4.98 Å². The Morgan fingerprint density at radius 3 is 2.97 bits per heavy atom. The molecule has 9 heteroatoms. The molecule has 4 aromatic rings. The summed E-state index contributed by atoms with van der Waals surface area (Å²) in [4.78, 5) is 29.7. The molecule has 0 unspecified atom stereocenters. The van der Waals surface area contributed by atoms with Gasteiger partial charge < -0.3 is 9.09 Å². The minimum atomic E-state index is -0.179. The molecule has 4 heterocycles. The van der Waals surface area contributed by atoms with Gasteiger partial charge in [0.25, 0.3) is 5.56 Å². The zero-order valence-electron chi connectivity index (χ0n) is 15.6. The van der Waals surface area contributed by atoms with E-state index in [4.69, 9.17) is 4.52 Å². The first kappa shape index (κ1) is 16.3. The van der Waals surface area contributed by atoms with Crippen LogP contribution in [-0.2, 0) is 13.6 Å². The van der Waals surface area contributed by atoms with Crippen molar-refractivity contribution in [2.45, 2.75) is 18.9 Å². The quantitative estimate of drug-likeness (QED) is 0.525. The van der Waals surface area contributed by atoms with Crippen LogP contribution >= 0.6 is 0 Å². The third-order valence-corrected chi connectivity index (χ3v) is 5.90. The average molecular weight is 387 g/mol. The van der Waals surface area contributed by atoms with Crippen LogP contribution in [0, 0.1) is 11.8 Å². The fourth-order valence-corrected chi connectivity index (χ4v) is 4.37. The van der Waals surface area contributed by atoms with E-state index < -0.39 is 0 Å². The first-order chi connectivity index (χ1) is 14.2. The molecule has 0 radical (unpaired) electrons. The van der Waals surface area contributed by atoms with Crippen molar-refractivity contribution in [3.05, 3.63) is 70.9 Å². The van der Waals surface area contributed by atoms with Crippen LogP contribution in [0.15, 0.2) is 52.6 Å². The largest absolute Gasteiger partial charge is 0.337 e. The van der Waals surface area contributed by atoms with E-state index in [1.807, 2.05) is 12.3 Å². The van der Waals surface area contributed by atoms with E-state index >= 15 is 0 Å². The lowest BCUT2D eigenvalue weighted by molar-refractivity contribution is 0.364. The normalized spacial score (nSPS) is 22.7. The molecule has 6 rings (SSSR count). The Hall–Kier alpha value is -3.62. The second-order valence-electron chi connectivity index (χ2n) is 7.66. The van der Waals surface area contributed by atoms with E-state index in [9.17, 15) is 4.79 Å². The van der Waals surface area contributed by atoms with Gasteiger partial charge in [0.05, 0.1) is 6.33 Å². The van der Waals surface area contributed by atoms with Crippen molar-refractivity contribution in [2.75, 3.05) is 0 Å². The first-order valence-corrected chi connectivity index (χ1v) is 9.49. The molecule has 3 atom stereocenters. The predicted octanol–water partition coefficient (Wildman–Crippen LogP) is 1.77. The van der Waals surface area contributed by atoms with Crippen LogP contribution in [0.4, 0.5) is 0 Å². The highest BCUT2D eigenvalue weighted by Crippen LogP contribution is 2.62. The van der Waals surface area contributed by atoms with Crippen LogP contribution in [-0.4, -0.2) is 34.2 Å². The molecule has 0 N–H and O–H groups in total. The summed E-state index contributed by atoms with van der Waals surface area (Å²) in [5.41, 5.74) is 3.24. The summed E-state index contributed by atoms with van der Waals surface area (Å²) in [5.74, 6) is 2.39. The van der Waals surface area contributed by atoms with Gasteiger partial charge in [0.15, 0.2) is 17.0 Å². The molecule has 29 heavy (non-hydrogen) atoms. The highest BCUT2D eigenvalue weighted by molar-refractivity contribution is 5.70. The van der Waals surface area contributed by atoms with Gasteiger partial charge >= 0.3 is 0 Å². The molecule has 9 nitrogen and oxygen atoms in total. The molecule has 1 fully saturated rings. The third kappa shape index (κ3) is 2.54. The van der Waals surface area contributed by atoms with Crippen molar-refractivity contribution < 1.29 is 4.52 Å². The smallest absolute Gasteiger partial charge is 0.280 e. The van der Waals surface area contributed by atoms with E-state index in [0.717, 1.165) is 12.2 Å². The number of fused-ring (bicyclic) bond motifs is 2. The molecule has 0 bridgehead atoms. The maximum absolute atomic E-state index is 12.7. The number of nitrogens with zero attached hydrogens (tertiary/aromatic N) is 7. The van der Waals surface area contributed by atoms with Gasteiger partial charge in [-0.05, 0) is 35.5 Å². The molecule has 144 valence electrons. The van der Waals surface area contributed by atoms with Gasteiger partial charge in [-0.15, -0.1) is 0 Å². The van der Waals surface area contributed by atoms with Gasteiger partial charge in [-0.25, -0.2) is 9.97 Å². The lowest BCUT2D eigenvalue weighted by Gasteiger charge is -2.04. The van der Waals surface area contributed by atoms with Crippen LogP contribution in [0.25, 0.3) is 16.7 Å². The fourth-order valence-electron chi connectivity index (χ4n) is 4.37. The number of hydrogen-bond donors (Lipinski definition) is 0. The van der Waals surface area contributed by atoms with E-state index in [1.54, 1.807) is 24.1 Å². The summed E-state index contributed by atoms with van der Waals surface area (Å²) in [6, 6.07) is 4.05. The number of hydrogen-bond acceptors (Lipinski definition) is 7. The zero-order chi connectivity index (χ0) is 19.5. The fraction of sp³-hybridized carbons (Fsp3) is 0.300. The zero-order valence-corrected chi connectivity index (χ0v) is 15.6. The minimum absolute atomic E-state index is 0.179. The molecule has 0 aromatic carbocycles. The Labute approximate surface area is 164 Å². The molecular formula is C20H17N7O2. The van der Waals surface area contributed by atoms with Gasteiger partial charge in [0.2, 0.25) is 5.89 Å². The van der Waals surface area contributed by atoms with Crippen molar-refractivity contribution in [2.24, 2.45) is 18.9 Å². The number of imidazole rings is 1. The van der Waals surface area contributed by atoms with Crippen LogP contribution in [0.1, 0.15) is 29.6 Å². The number of rotatable bonds is 4. The van der Waals surface area contributed by atoms with Gasteiger partial charge in [0.1, 0.15) is 12.9 Å². The van der Waals surface area contributed by atoms with Crippen LogP contribution in [0.3, 0.4) is 0 Å². The summed E-state index contributed by atoms with van der Waals surface area (Å²) >= 11 is 0. The second kappa shape index (κ2) is 5.94. The lowest BCUT2D eigenvalue weighted by atomic mass is 10.0. The maximum Gasteiger partial charge on any atom is 0.280 e. The Morgan fingerprint density at radius 1 is 1.28 bits per heavy atom. The van der Waals surface area contributed by atoms with E-state index in [1.165, 1.54) is 22.0 Å². The van der Waals surface area contributed by atoms with Crippen molar-refractivity contribution in [3.63, 3.8) is 0 Å². The third-order valence-electron chi connectivity index (χ3n) is 5.90. The highest BCUT2D eigenvalue weighted by atomic mass is 16.5. The monoisotopic (exact) mass is 387 g/mol. The predicted molar refractivity (Wildman–Crippen MR) is 103 cm³/mol. The summed E-state index contributed by atoms with van der Waals surface area (Å²) in [5, 5.41) is 4.17. The van der Waals surface area contributed by atoms with E-state index in [2.05, 4.69) is 37.2 Å². The molecule has 0 amide bonds. The Kier molecular flexibility index (Phi) is 3.35. The molecule has 0 aliphatic heterocycles. The molecule has 0 saturated heterocycles. The summed E-state index contributed by atoms with van der Waals surface area (Å²) in [6.07, 6.45) is 10.1. The highest BCUT2D eigenvalue weighted by Gasteiger charge is 2.55. The minimum Gasteiger partial charge on any atom is -0.337 e. The molecule has 2 aliphatic rings. The Bertz CT molecular complexity index is 1320. The van der Waals surface area contributed by atoms with Crippen molar-refractivity contribution in [3.8, 4) is 0 Å². The molecule has 1 saturated carbocycles. The summed E-state index contributed by atoms with van der Waals surface area (Å²) < 4.78 is 8.56. The summed E-state index contributed by atoms with van der Waals surface area (Å²) in [6.45, 7) is 0.193. The van der Waals surface area contributed by atoms with E-state index in [-0.39, 0.29) is 12.1 Å². The van der Waals surface area contributed by atoms with Crippen molar-refractivity contribution >= 4 is 16.7 Å². The second-order valence-corrected chi connectivity index (χ2v) is 7.66. The van der Waals surface area contributed by atoms with Gasteiger partial charge in [0, 0.05) is 25.4 Å². The summed E-state index contributed by atoms with van der Waals surface area (Å²) in [7, 11) is 1.77. The lowest BCUT2D eigenvalue weighted by Crippen LogP contribution is -2.22. The molecule has 0 spiro atoms. The number of allylic oxidation sites excluding steroid dienone is 2. The SMILES string of the molecule is Cn1cnc2ncn(Cc3nc([C@@H]4[C@H]5C=C(c6cccnc6)C[C@H]54)no3)c(=O)c21. The van der Waals surface area contributed by atoms with Crippen molar-refractivity contribution in [1.82, 2.24) is 34.2 Å². The average Bonchev–Trinajstić information content (AvgIpc) is 3.16. The molecular weight excluding hydrogens is 370 g/mol. The number of aryl methyl sites for hydroxylation is 1. The first-order valence-electron chi connectivity index (χ1n) is 9.49. The number of pyridine rings is 1. The van der Waals surface area contributed by atoms with Crippen molar-refractivity contribution in [1.29, 1.82) is 0 Å². The Morgan fingerprint density at radius 2 is 2.17 bits per heavy atom. The van der Waals surface area contributed by atoms with Crippen LogP contribution in [0.2, 0.25) is 0 Å². The Balaban J connectivity index is 1.22.